The minimum atomic E-state index is -0.312. The van der Waals surface area contributed by atoms with Gasteiger partial charge in [-0.15, -0.1) is 0 Å². The Morgan fingerprint density at radius 2 is 1.89 bits per heavy atom. The summed E-state index contributed by atoms with van der Waals surface area (Å²) in [6.45, 7) is 6.04. The van der Waals surface area contributed by atoms with Crippen LogP contribution in [-0.4, -0.2) is 25.2 Å². The van der Waals surface area contributed by atoms with Crippen LogP contribution in [0.15, 0.2) is 38.3 Å². The zero-order valence-corrected chi connectivity index (χ0v) is 17.2. The van der Waals surface area contributed by atoms with Crippen molar-refractivity contribution in [2.75, 3.05) is 11.4 Å². The highest BCUT2D eigenvalue weighted by atomic mass is 79.9. The lowest BCUT2D eigenvalue weighted by atomic mass is 10.1. The van der Waals surface area contributed by atoms with E-state index in [-0.39, 0.29) is 11.2 Å². The van der Waals surface area contributed by atoms with E-state index in [0.29, 0.717) is 36.1 Å². The second-order valence-electron chi connectivity index (χ2n) is 7.19. The third-order valence-electron chi connectivity index (χ3n) is 5.03. The van der Waals surface area contributed by atoms with Gasteiger partial charge >= 0.3 is 5.69 Å². The SMILES string of the molecule is CCCn1c(=O)c2c(nc3n2C[C@H](C)CN3c2ccc(Br)cc2)n(C)c1=O. The van der Waals surface area contributed by atoms with E-state index in [4.69, 9.17) is 4.98 Å². The first-order chi connectivity index (χ1) is 12.9. The average Bonchev–Trinajstić information content (AvgIpc) is 3.03. The van der Waals surface area contributed by atoms with Gasteiger partial charge in [-0.1, -0.05) is 29.8 Å². The van der Waals surface area contributed by atoms with E-state index >= 15 is 0 Å². The zero-order valence-electron chi connectivity index (χ0n) is 15.6. The quantitative estimate of drug-likeness (QED) is 0.639. The van der Waals surface area contributed by atoms with Gasteiger partial charge in [0.25, 0.3) is 5.56 Å². The van der Waals surface area contributed by atoms with Gasteiger partial charge < -0.3 is 9.47 Å². The largest absolute Gasteiger partial charge is 0.332 e. The number of halogens is 1. The topological polar surface area (TPSA) is 65.1 Å². The highest BCUT2D eigenvalue weighted by molar-refractivity contribution is 9.10. The summed E-state index contributed by atoms with van der Waals surface area (Å²) in [6.07, 6.45) is 0.725. The normalized spacial score (nSPS) is 16.7. The number of aromatic nitrogens is 4. The van der Waals surface area contributed by atoms with E-state index in [1.807, 2.05) is 35.8 Å². The molecule has 0 saturated carbocycles. The third kappa shape index (κ3) is 2.82. The van der Waals surface area contributed by atoms with Gasteiger partial charge in [0.05, 0.1) is 0 Å². The van der Waals surface area contributed by atoms with Gasteiger partial charge in [-0.25, -0.2) is 4.79 Å². The Bertz CT molecular complexity index is 1130. The van der Waals surface area contributed by atoms with E-state index in [1.165, 1.54) is 9.13 Å². The van der Waals surface area contributed by atoms with Crippen molar-refractivity contribution in [2.45, 2.75) is 33.4 Å². The van der Waals surface area contributed by atoms with Crippen LogP contribution in [-0.2, 0) is 20.1 Å². The molecular formula is C19H22BrN5O2. The maximum atomic E-state index is 13.1. The second kappa shape index (κ2) is 6.67. The maximum absolute atomic E-state index is 13.1. The van der Waals surface area contributed by atoms with Crippen LogP contribution in [0.1, 0.15) is 20.3 Å². The van der Waals surface area contributed by atoms with Gasteiger partial charge in [-0.3, -0.25) is 13.9 Å². The number of anilines is 2. The molecule has 4 rings (SSSR count). The molecule has 0 bridgehead atoms. The van der Waals surface area contributed by atoms with Crippen molar-refractivity contribution in [1.82, 2.24) is 18.7 Å². The smallest absolute Gasteiger partial charge is 0.312 e. The molecule has 1 aromatic carbocycles. The summed E-state index contributed by atoms with van der Waals surface area (Å²) in [4.78, 5) is 32.5. The van der Waals surface area contributed by atoms with Crippen LogP contribution in [0.2, 0.25) is 0 Å². The van der Waals surface area contributed by atoms with E-state index in [2.05, 4.69) is 27.8 Å². The standard InChI is InChI=1S/C19H22BrN5O2/c1-4-9-23-17(26)15-16(22(3)19(23)27)21-18-24(10-12(2)11-25(15)18)14-7-5-13(20)6-8-14/h5-8,12H,4,9-11H2,1-3H3/t12-/m1/s1. The molecule has 0 saturated heterocycles. The average molecular weight is 432 g/mol. The van der Waals surface area contributed by atoms with Gasteiger partial charge in [0, 0.05) is 36.8 Å². The van der Waals surface area contributed by atoms with E-state index in [9.17, 15) is 9.59 Å². The molecule has 0 radical (unpaired) electrons. The first-order valence-electron chi connectivity index (χ1n) is 9.15. The summed E-state index contributed by atoms with van der Waals surface area (Å²) >= 11 is 3.47. The molecule has 1 aliphatic rings. The molecule has 0 aliphatic carbocycles. The van der Waals surface area contributed by atoms with Crippen molar-refractivity contribution in [3.05, 3.63) is 49.6 Å². The molecule has 142 valence electrons. The van der Waals surface area contributed by atoms with Crippen molar-refractivity contribution < 1.29 is 0 Å². The van der Waals surface area contributed by atoms with Crippen LogP contribution < -0.4 is 16.1 Å². The van der Waals surface area contributed by atoms with Crippen molar-refractivity contribution in [3.8, 4) is 0 Å². The number of imidazole rings is 1. The summed E-state index contributed by atoms with van der Waals surface area (Å²) in [5, 5.41) is 0. The number of benzene rings is 1. The molecule has 3 aromatic rings. The number of hydrogen-bond acceptors (Lipinski definition) is 4. The van der Waals surface area contributed by atoms with Crippen molar-refractivity contribution in [3.63, 3.8) is 0 Å². The predicted molar refractivity (Wildman–Crippen MR) is 110 cm³/mol. The number of aryl methyl sites for hydroxylation is 1. The number of hydrogen-bond donors (Lipinski definition) is 0. The Morgan fingerprint density at radius 1 is 1.19 bits per heavy atom. The fourth-order valence-corrected chi connectivity index (χ4v) is 4.03. The number of rotatable bonds is 3. The molecule has 7 nitrogen and oxygen atoms in total. The molecule has 0 unspecified atom stereocenters. The number of nitrogens with zero attached hydrogens (tertiary/aromatic N) is 5. The van der Waals surface area contributed by atoms with Gasteiger partial charge in [0.1, 0.15) is 0 Å². The van der Waals surface area contributed by atoms with E-state index < -0.39 is 0 Å². The lowest BCUT2D eigenvalue weighted by molar-refractivity contribution is 0.457. The molecule has 0 spiro atoms. The first kappa shape index (κ1) is 18.0. The molecule has 0 amide bonds. The van der Waals surface area contributed by atoms with Crippen LogP contribution in [0, 0.1) is 5.92 Å². The summed E-state index contributed by atoms with van der Waals surface area (Å²) in [7, 11) is 1.68. The fraction of sp³-hybridized carbons (Fsp3) is 0.421. The highest BCUT2D eigenvalue weighted by Gasteiger charge is 2.29. The minimum Gasteiger partial charge on any atom is -0.312 e. The molecule has 0 N–H and O–H groups in total. The van der Waals surface area contributed by atoms with Gasteiger partial charge in [-0.05, 0) is 36.6 Å². The van der Waals surface area contributed by atoms with E-state index in [0.717, 1.165) is 23.1 Å². The second-order valence-corrected chi connectivity index (χ2v) is 8.10. The molecule has 3 heterocycles. The fourth-order valence-electron chi connectivity index (χ4n) is 3.76. The lowest BCUT2D eigenvalue weighted by Gasteiger charge is -2.33. The van der Waals surface area contributed by atoms with Crippen molar-refractivity contribution >= 4 is 38.7 Å². The molecule has 8 heteroatoms. The molecule has 1 atom stereocenters. The maximum Gasteiger partial charge on any atom is 0.332 e. The summed E-state index contributed by atoms with van der Waals surface area (Å²) < 4.78 is 5.79. The molecule has 2 aromatic heterocycles. The van der Waals surface area contributed by atoms with Crippen LogP contribution >= 0.6 is 15.9 Å². The Balaban J connectivity index is 2.00. The van der Waals surface area contributed by atoms with Crippen LogP contribution in [0.4, 0.5) is 11.6 Å². The molecular weight excluding hydrogens is 410 g/mol. The van der Waals surface area contributed by atoms with Gasteiger partial charge in [0.2, 0.25) is 5.95 Å². The lowest BCUT2D eigenvalue weighted by Crippen LogP contribution is -2.40. The van der Waals surface area contributed by atoms with Crippen LogP contribution in [0.25, 0.3) is 11.2 Å². The highest BCUT2D eigenvalue weighted by Crippen LogP contribution is 2.33. The Labute approximate surface area is 165 Å². The van der Waals surface area contributed by atoms with E-state index in [1.54, 1.807) is 7.05 Å². The van der Waals surface area contributed by atoms with Gasteiger partial charge in [0.15, 0.2) is 11.2 Å². The Kier molecular flexibility index (Phi) is 4.46. The summed E-state index contributed by atoms with van der Waals surface area (Å²) in [5.74, 6) is 1.06. The summed E-state index contributed by atoms with van der Waals surface area (Å²) in [5.41, 5.74) is 1.41. The zero-order chi connectivity index (χ0) is 19.3. The van der Waals surface area contributed by atoms with Crippen LogP contribution in [0.5, 0.6) is 0 Å². The Morgan fingerprint density at radius 3 is 2.56 bits per heavy atom. The number of fused-ring (bicyclic) bond motifs is 3. The summed E-state index contributed by atoms with van der Waals surface area (Å²) in [6, 6.07) is 8.04. The van der Waals surface area contributed by atoms with Crippen LogP contribution in [0.3, 0.4) is 0 Å². The predicted octanol–water partition coefficient (Wildman–Crippen LogP) is 2.86. The monoisotopic (exact) mass is 431 g/mol. The molecule has 1 aliphatic heterocycles. The molecule has 27 heavy (non-hydrogen) atoms. The molecule has 0 fully saturated rings. The first-order valence-corrected chi connectivity index (χ1v) is 9.94. The van der Waals surface area contributed by atoms with Gasteiger partial charge in [-0.2, -0.15) is 4.98 Å². The van der Waals surface area contributed by atoms with Crippen molar-refractivity contribution in [2.24, 2.45) is 13.0 Å². The third-order valence-corrected chi connectivity index (χ3v) is 5.56. The Hall–Kier alpha value is -2.35. The minimum absolute atomic E-state index is 0.251. The van der Waals surface area contributed by atoms with Crippen molar-refractivity contribution in [1.29, 1.82) is 0 Å².